The number of aromatic nitrogens is 1. The largest absolute Gasteiger partial charge is 0.260 e. The van der Waals surface area contributed by atoms with Crippen molar-refractivity contribution in [2.45, 2.75) is 12.8 Å². The molecule has 0 aliphatic heterocycles. The van der Waals surface area contributed by atoms with Gasteiger partial charge in [-0.1, -0.05) is 35.4 Å². The molecule has 0 bridgehead atoms. The Balaban J connectivity index is 1.70. The van der Waals surface area contributed by atoms with Crippen molar-refractivity contribution in [1.82, 2.24) is 4.98 Å². The van der Waals surface area contributed by atoms with Gasteiger partial charge in [0, 0.05) is 17.8 Å². The Morgan fingerprint density at radius 2 is 2.29 bits per heavy atom. The third kappa shape index (κ3) is 2.05. The number of rotatable bonds is 2. The van der Waals surface area contributed by atoms with E-state index in [1.807, 2.05) is 0 Å². The van der Waals surface area contributed by atoms with E-state index in [1.54, 1.807) is 12.3 Å². The van der Waals surface area contributed by atoms with Crippen molar-refractivity contribution >= 4 is 34.7 Å². The fourth-order valence-corrected chi connectivity index (χ4v) is 2.71. The number of anilines is 1. The van der Waals surface area contributed by atoms with Gasteiger partial charge in [0.25, 0.3) is 0 Å². The van der Waals surface area contributed by atoms with E-state index < -0.39 is 0 Å². The van der Waals surface area contributed by atoms with Crippen LogP contribution in [0.5, 0.6) is 0 Å². The summed E-state index contributed by atoms with van der Waals surface area (Å²) >= 11 is 11.8. The third-order valence-electron chi connectivity index (χ3n) is 3.28. The molecule has 5 heteroatoms. The quantitative estimate of drug-likeness (QED) is 0.655. The second-order valence-electron chi connectivity index (χ2n) is 4.34. The van der Waals surface area contributed by atoms with E-state index in [2.05, 4.69) is 27.7 Å². The van der Waals surface area contributed by atoms with Crippen LogP contribution in [-0.2, 0) is 0 Å². The Labute approximate surface area is 110 Å². The van der Waals surface area contributed by atoms with Crippen molar-refractivity contribution in [3.8, 4) is 0 Å². The smallest absolute Gasteiger partial charge is 0.165 e. The SMILES string of the molecule is Clc1cnc(N/N=C2/C[C@@H]3C=CC[C@@H]23)c(Cl)c1. The second kappa shape index (κ2) is 4.31. The van der Waals surface area contributed by atoms with Gasteiger partial charge in [-0.15, -0.1) is 0 Å². The molecule has 1 heterocycles. The number of fused-ring (bicyclic) bond motifs is 1. The molecule has 17 heavy (non-hydrogen) atoms. The average Bonchev–Trinajstić information content (AvgIpc) is 2.63. The van der Waals surface area contributed by atoms with E-state index in [4.69, 9.17) is 23.2 Å². The molecule has 0 unspecified atom stereocenters. The molecule has 0 amide bonds. The predicted molar refractivity (Wildman–Crippen MR) is 70.7 cm³/mol. The summed E-state index contributed by atoms with van der Waals surface area (Å²) in [6, 6.07) is 1.65. The number of halogens is 2. The molecule has 2 atom stereocenters. The Kier molecular flexibility index (Phi) is 2.81. The minimum absolute atomic E-state index is 0.488. The highest BCUT2D eigenvalue weighted by molar-refractivity contribution is 6.35. The summed E-state index contributed by atoms with van der Waals surface area (Å²) in [7, 11) is 0. The third-order valence-corrected chi connectivity index (χ3v) is 3.77. The van der Waals surface area contributed by atoms with Gasteiger partial charge in [-0.3, -0.25) is 5.43 Å². The number of hydrazone groups is 1. The van der Waals surface area contributed by atoms with Crippen molar-refractivity contribution in [2.75, 3.05) is 5.43 Å². The molecule has 1 saturated carbocycles. The molecule has 0 aromatic carbocycles. The van der Waals surface area contributed by atoms with Gasteiger partial charge < -0.3 is 0 Å². The minimum atomic E-state index is 0.488. The zero-order valence-corrected chi connectivity index (χ0v) is 10.5. The number of nitrogens with zero attached hydrogens (tertiary/aromatic N) is 2. The fraction of sp³-hybridized carbons (Fsp3) is 0.333. The van der Waals surface area contributed by atoms with Crippen LogP contribution >= 0.6 is 23.2 Å². The lowest BCUT2D eigenvalue weighted by Gasteiger charge is -2.31. The summed E-state index contributed by atoms with van der Waals surface area (Å²) in [5, 5.41) is 5.38. The lowest BCUT2D eigenvalue weighted by molar-refractivity contribution is 0.466. The van der Waals surface area contributed by atoms with E-state index in [-0.39, 0.29) is 0 Å². The van der Waals surface area contributed by atoms with Gasteiger partial charge in [0.15, 0.2) is 5.82 Å². The van der Waals surface area contributed by atoms with E-state index >= 15 is 0 Å². The number of hydrogen-bond donors (Lipinski definition) is 1. The van der Waals surface area contributed by atoms with Crippen LogP contribution in [0, 0.1) is 11.8 Å². The lowest BCUT2D eigenvalue weighted by Crippen LogP contribution is -2.33. The fourth-order valence-electron chi connectivity index (χ4n) is 2.28. The molecule has 1 aromatic rings. The zero-order valence-electron chi connectivity index (χ0n) is 9.03. The first-order chi connectivity index (χ1) is 8.24. The molecule has 3 nitrogen and oxygen atoms in total. The van der Waals surface area contributed by atoms with Crippen molar-refractivity contribution in [1.29, 1.82) is 0 Å². The Bertz CT molecular complexity index is 510. The van der Waals surface area contributed by atoms with Crippen LogP contribution in [-0.4, -0.2) is 10.7 Å². The van der Waals surface area contributed by atoms with Crippen molar-refractivity contribution in [3.63, 3.8) is 0 Å². The summed E-state index contributed by atoms with van der Waals surface area (Å²) < 4.78 is 0. The highest BCUT2D eigenvalue weighted by Gasteiger charge is 2.37. The van der Waals surface area contributed by atoms with Gasteiger partial charge in [-0.25, -0.2) is 4.98 Å². The summed E-state index contributed by atoms with van der Waals surface area (Å²) in [5.41, 5.74) is 4.11. The van der Waals surface area contributed by atoms with E-state index in [1.165, 1.54) is 5.71 Å². The molecule has 88 valence electrons. The number of hydrogen-bond acceptors (Lipinski definition) is 3. The van der Waals surface area contributed by atoms with Crippen LogP contribution in [0.2, 0.25) is 10.0 Å². The summed E-state index contributed by atoms with van der Waals surface area (Å²) in [5.74, 6) is 1.84. The summed E-state index contributed by atoms with van der Waals surface area (Å²) in [6.07, 6.45) is 8.20. The van der Waals surface area contributed by atoms with Gasteiger partial charge >= 0.3 is 0 Å². The standard InChI is InChI=1S/C12H11Cl2N3/c13-8-5-10(14)12(15-6-8)17-16-11-4-7-2-1-3-9(7)11/h1-2,5-7,9H,3-4H2,(H,15,17)/b16-11-/t7-,9+/m0/s1. The summed E-state index contributed by atoms with van der Waals surface area (Å²) in [4.78, 5) is 4.10. The van der Waals surface area contributed by atoms with Crippen LogP contribution in [0.1, 0.15) is 12.8 Å². The molecular weight excluding hydrogens is 257 g/mol. The zero-order chi connectivity index (χ0) is 11.8. The van der Waals surface area contributed by atoms with Gasteiger partial charge in [0.2, 0.25) is 0 Å². The van der Waals surface area contributed by atoms with Crippen LogP contribution in [0.4, 0.5) is 5.82 Å². The highest BCUT2D eigenvalue weighted by atomic mass is 35.5. The molecule has 2 aliphatic rings. The molecule has 1 aromatic heterocycles. The van der Waals surface area contributed by atoms with Crippen LogP contribution in [0.3, 0.4) is 0 Å². The normalized spacial score (nSPS) is 28.0. The monoisotopic (exact) mass is 267 g/mol. The highest BCUT2D eigenvalue weighted by Crippen LogP contribution is 2.40. The number of pyridine rings is 1. The average molecular weight is 268 g/mol. The van der Waals surface area contributed by atoms with Crippen molar-refractivity contribution in [2.24, 2.45) is 16.9 Å². The molecule has 3 rings (SSSR count). The Morgan fingerprint density at radius 3 is 3.06 bits per heavy atom. The minimum Gasteiger partial charge on any atom is -0.260 e. The van der Waals surface area contributed by atoms with Crippen molar-refractivity contribution in [3.05, 3.63) is 34.5 Å². The van der Waals surface area contributed by atoms with Gasteiger partial charge in [-0.05, 0) is 24.8 Å². The van der Waals surface area contributed by atoms with Gasteiger partial charge in [0.05, 0.1) is 10.0 Å². The van der Waals surface area contributed by atoms with Crippen LogP contribution < -0.4 is 5.43 Å². The number of allylic oxidation sites excluding steroid dienone is 2. The summed E-state index contributed by atoms with van der Waals surface area (Å²) in [6.45, 7) is 0. The first-order valence-corrected chi connectivity index (χ1v) is 6.30. The predicted octanol–water partition coefficient (Wildman–Crippen LogP) is 3.75. The molecule has 1 fully saturated rings. The van der Waals surface area contributed by atoms with E-state index in [0.717, 1.165) is 12.8 Å². The molecule has 2 aliphatic carbocycles. The molecular formula is C12H11Cl2N3. The molecule has 1 N–H and O–H groups in total. The van der Waals surface area contributed by atoms with Crippen molar-refractivity contribution < 1.29 is 0 Å². The first kappa shape index (κ1) is 11.1. The van der Waals surface area contributed by atoms with Crippen LogP contribution in [0.15, 0.2) is 29.5 Å². The number of nitrogens with one attached hydrogen (secondary N) is 1. The molecule has 0 radical (unpaired) electrons. The maximum absolute atomic E-state index is 5.99. The van der Waals surface area contributed by atoms with Gasteiger partial charge in [0.1, 0.15) is 0 Å². The maximum Gasteiger partial charge on any atom is 0.165 e. The Morgan fingerprint density at radius 1 is 1.41 bits per heavy atom. The molecule has 0 spiro atoms. The van der Waals surface area contributed by atoms with E-state index in [0.29, 0.717) is 27.7 Å². The second-order valence-corrected chi connectivity index (χ2v) is 5.18. The topological polar surface area (TPSA) is 37.3 Å². The van der Waals surface area contributed by atoms with E-state index in [9.17, 15) is 0 Å². The lowest BCUT2D eigenvalue weighted by atomic mass is 9.74. The Hall–Kier alpha value is -1.06. The van der Waals surface area contributed by atoms with Gasteiger partial charge in [-0.2, -0.15) is 5.10 Å². The first-order valence-electron chi connectivity index (χ1n) is 5.54. The maximum atomic E-state index is 5.99. The van der Waals surface area contributed by atoms with Crippen LogP contribution in [0.25, 0.3) is 0 Å². The molecule has 0 saturated heterocycles.